The Bertz CT molecular complexity index is 1150. The summed E-state index contributed by atoms with van der Waals surface area (Å²) in [7, 11) is 0. The van der Waals surface area contributed by atoms with Crippen molar-refractivity contribution in [3.63, 3.8) is 0 Å². The number of amides is 1. The number of hydrogen-bond acceptors (Lipinski definition) is 5. The summed E-state index contributed by atoms with van der Waals surface area (Å²) in [4.78, 5) is 32.1. The summed E-state index contributed by atoms with van der Waals surface area (Å²) >= 11 is 2.01. The number of nitrogens with one attached hydrogen (secondary N) is 1. The molecule has 3 aromatic rings. The van der Waals surface area contributed by atoms with Crippen LogP contribution in [0.25, 0.3) is 10.9 Å². The summed E-state index contributed by atoms with van der Waals surface area (Å²) in [5.74, 6) is 2.28. The van der Waals surface area contributed by atoms with Crippen molar-refractivity contribution in [1.82, 2.24) is 14.5 Å². The van der Waals surface area contributed by atoms with Crippen LogP contribution in [0.1, 0.15) is 23.1 Å². The fraction of sp³-hybridized carbons (Fsp3) is 0.375. The molecular weight excluding hydrogens is 408 g/mol. The van der Waals surface area contributed by atoms with Gasteiger partial charge in [-0.05, 0) is 42.7 Å². The summed E-state index contributed by atoms with van der Waals surface area (Å²) in [6, 6.07) is 11.8. The van der Waals surface area contributed by atoms with Crippen molar-refractivity contribution in [3.8, 4) is 0 Å². The molecule has 31 heavy (non-hydrogen) atoms. The number of carbonyl (C=O) groups is 1. The molecule has 0 atom stereocenters. The molecule has 0 aliphatic carbocycles. The van der Waals surface area contributed by atoms with Gasteiger partial charge in [0.1, 0.15) is 0 Å². The van der Waals surface area contributed by atoms with Gasteiger partial charge in [-0.2, -0.15) is 11.8 Å². The Kier molecular flexibility index (Phi) is 6.73. The lowest BCUT2D eigenvalue weighted by Crippen LogP contribution is -2.31. The molecule has 1 aliphatic rings. The maximum atomic E-state index is 12.7. The number of thioether (sulfide) groups is 1. The van der Waals surface area contributed by atoms with E-state index in [2.05, 4.69) is 27.3 Å². The van der Waals surface area contributed by atoms with Crippen LogP contribution in [0, 0.1) is 13.8 Å². The van der Waals surface area contributed by atoms with Gasteiger partial charge in [0, 0.05) is 49.8 Å². The highest BCUT2D eigenvalue weighted by Crippen LogP contribution is 2.19. The Balaban J connectivity index is 1.37. The van der Waals surface area contributed by atoms with Gasteiger partial charge in [0.25, 0.3) is 5.56 Å². The minimum Gasteiger partial charge on any atom is -0.326 e. The SMILES string of the molecule is Cc1cc(CN2CCSCC2)ccc1NC(=O)CCn1cnc2c(C)cccc2c1=O. The lowest BCUT2D eigenvalue weighted by molar-refractivity contribution is -0.116. The summed E-state index contributed by atoms with van der Waals surface area (Å²) < 4.78 is 1.51. The molecule has 1 aliphatic heterocycles. The van der Waals surface area contributed by atoms with Gasteiger partial charge in [0.15, 0.2) is 0 Å². The van der Waals surface area contributed by atoms with E-state index in [1.807, 2.05) is 43.8 Å². The first-order chi connectivity index (χ1) is 15.0. The molecule has 0 bridgehead atoms. The van der Waals surface area contributed by atoms with Gasteiger partial charge in [-0.3, -0.25) is 19.1 Å². The number of para-hydroxylation sites is 1. The second-order valence-corrected chi connectivity index (χ2v) is 9.27. The maximum Gasteiger partial charge on any atom is 0.261 e. The number of anilines is 1. The van der Waals surface area contributed by atoms with Gasteiger partial charge in [-0.15, -0.1) is 0 Å². The normalized spacial score (nSPS) is 14.6. The molecule has 162 valence electrons. The van der Waals surface area contributed by atoms with E-state index in [1.54, 1.807) is 6.07 Å². The highest BCUT2D eigenvalue weighted by Gasteiger charge is 2.12. The first-order valence-corrected chi connectivity index (χ1v) is 11.8. The fourth-order valence-corrected chi connectivity index (χ4v) is 4.89. The third-order valence-electron chi connectivity index (χ3n) is 5.71. The lowest BCUT2D eigenvalue weighted by atomic mass is 10.1. The first-order valence-electron chi connectivity index (χ1n) is 10.7. The molecule has 1 fully saturated rings. The Labute approximate surface area is 186 Å². The Morgan fingerprint density at radius 1 is 1.13 bits per heavy atom. The van der Waals surface area contributed by atoms with Crippen LogP contribution < -0.4 is 10.9 Å². The van der Waals surface area contributed by atoms with Crippen LogP contribution in [0.5, 0.6) is 0 Å². The zero-order chi connectivity index (χ0) is 21.8. The predicted octanol–water partition coefficient (Wildman–Crippen LogP) is 3.59. The summed E-state index contributed by atoms with van der Waals surface area (Å²) in [6.07, 6.45) is 1.75. The Hall–Kier alpha value is -2.64. The average Bonchev–Trinajstić information content (AvgIpc) is 2.76. The number of aromatic nitrogens is 2. The molecule has 1 N–H and O–H groups in total. The number of carbonyl (C=O) groups excluding carboxylic acids is 1. The number of benzene rings is 2. The van der Waals surface area contributed by atoms with E-state index in [0.717, 1.165) is 36.4 Å². The Morgan fingerprint density at radius 2 is 1.94 bits per heavy atom. The smallest absolute Gasteiger partial charge is 0.261 e. The molecule has 0 saturated carbocycles. The van der Waals surface area contributed by atoms with Gasteiger partial charge < -0.3 is 5.32 Å². The van der Waals surface area contributed by atoms with Crippen molar-refractivity contribution in [2.45, 2.75) is 33.4 Å². The minimum absolute atomic E-state index is 0.111. The third kappa shape index (κ3) is 5.17. The van der Waals surface area contributed by atoms with Gasteiger partial charge in [-0.25, -0.2) is 4.98 Å². The Morgan fingerprint density at radius 3 is 2.71 bits per heavy atom. The molecule has 4 rings (SSSR count). The number of hydrogen-bond donors (Lipinski definition) is 1. The van der Waals surface area contributed by atoms with E-state index < -0.39 is 0 Å². The van der Waals surface area contributed by atoms with Crippen LogP contribution in [0.4, 0.5) is 5.69 Å². The van der Waals surface area contributed by atoms with Crippen molar-refractivity contribution in [3.05, 3.63) is 69.8 Å². The molecule has 0 spiro atoms. The minimum atomic E-state index is -0.113. The van der Waals surface area contributed by atoms with Crippen LogP contribution in [-0.2, 0) is 17.9 Å². The van der Waals surface area contributed by atoms with Crippen LogP contribution in [-0.4, -0.2) is 45.0 Å². The van der Waals surface area contributed by atoms with Crippen LogP contribution in [0.2, 0.25) is 0 Å². The molecule has 7 heteroatoms. The van der Waals surface area contributed by atoms with Crippen LogP contribution in [0.3, 0.4) is 0 Å². The molecule has 2 aromatic carbocycles. The third-order valence-corrected chi connectivity index (χ3v) is 6.65. The van der Waals surface area contributed by atoms with E-state index >= 15 is 0 Å². The molecule has 0 radical (unpaired) electrons. The average molecular weight is 437 g/mol. The molecule has 1 aromatic heterocycles. The zero-order valence-electron chi connectivity index (χ0n) is 18.1. The quantitative estimate of drug-likeness (QED) is 0.640. The zero-order valence-corrected chi connectivity index (χ0v) is 18.9. The van der Waals surface area contributed by atoms with Crippen molar-refractivity contribution in [2.24, 2.45) is 0 Å². The van der Waals surface area contributed by atoms with E-state index in [-0.39, 0.29) is 17.9 Å². The molecule has 0 unspecified atom stereocenters. The predicted molar refractivity (Wildman–Crippen MR) is 128 cm³/mol. The van der Waals surface area contributed by atoms with Gasteiger partial charge in [0.2, 0.25) is 5.91 Å². The van der Waals surface area contributed by atoms with Crippen LogP contribution in [0.15, 0.2) is 47.5 Å². The highest BCUT2D eigenvalue weighted by atomic mass is 32.2. The largest absolute Gasteiger partial charge is 0.326 e. The van der Waals surface area contributed by atoms with Gasteiger partial charge in [-0.1, -0.05) is 24.3 Å². The van der Waals surface area contributed by atoms with Gasteiger partial charge >= 0.3 is 0 Å². The molecule has 2 heterocycles. The van der Waals surface area contributed by atoms with Crippen LogP contribution >= 0.6 is 11.8 Å². The topological polar surface area (TPSA) is 67.2 Å². The maximum absolute atomic E-state index is 12.7. The number of fused-ring (bicyclic) bond motifs is 1. The molecule has 1 saturated heterocycles. The molecule has 1 amide bonds. The summed E-state index contributed by atoms with van der Waals surface area (Å²) in [5, 5.41) is 3.57. The second kappa shape index (κ2) is 9.66. The number of aryl methyl sites for hydroxylation is 3. The van der Waals surface area contributed by atoms with Crippen molar-refractivity contribution in [1.29, 1.82) is 0 Å². The monoisotopic (exact) mass is 436 g/mol. The molecule has 6 nitrogen and oxygen atoms in total. The second-order valence-electron chi connectivity index (χ2n) is 8.05. The molecular formula is C24H28N4O2S. The number of nitrogens with zero attached hydrogens (tertiary/aromatic N) is 3. The van der Waals surface area contributed by atoms with E-state index in [4.69, 9.17) is 0 Å². The first kappa shape index (κ1) is 21.6. The number of rotatable bonds is 6. The van der Waals surface area contributed by atoms with Gasteiger partial charge in [0.05, 0.1) is 17.2 Å². The van der Waals surface area contributed by atoms with E-state index in [1.165, 1.54) is 28.0 Å². The standard InChI is InChI=1S/C24H28N4O2S/c1-17-4-3-5-20-23(17)25-16-28(24(20)30)9-8-22(29)26-21-7-6-19(14-18(21)2)15-27-10-12-31-13-11-27/h3-7,14,16H,8-13,15H2,1-2H3,(H,26,29). The van der Waals surface area contributed by atoms with Crippen molar-refractivity contribution in [2.75, 3.05) is 29.9 Å². The van der Waals surface area contributed by atoms with Crippen molar-refractivity contribution < 1.29 is 4.79 Å². The van der Waals surface area contributed by atoms with E-state index in [9.17, 15) is 9.59 Å². The fourth-order valence-electron chi connectivity index (χ4n) is 3.91. The lowest BCUT2D eigenvalue weighted by Gasteiger charge is -2.26. The van der Waals surface area contributed by atoms with Crippen molar-refractivity contribution >= 4 is 34.3 Å². The summed E-state index contributed by atoms with van der Waals surface area (Å²) in [6.45, 7) is 7.46. The van der Waals surface area contributed by atoms with E-state index in [0.29, 0.717) is 17.4 Å². The highest BCUT2D eigenvalue weighted by molar-refractivity contribution is 7.99. The summed E-state index contributed by atoms with van der Waals surface area (Å²) in [5.41, 5.74) is 4.72.